The zero-order valence-electron chi connectivity index (χ0n) is 64.6. The van der Waals surface area contributed by atoms with Gasteiger partial charge in [-0.25, -0.2) is 0 Å². The van der Waals surface area contributed by atoms with Gasteiger partial charge in [0.25, 0.3) is 0 Å². The van der Waals surface area contributed by atoms with Crippen LogP contribution < -0.4 is 84.0 Å². The minimum Gasteiger partial charge on any atom is -0.508 e. The second-order valence-corrected chi connectivity index (χ2v) is 31.4. The van der Waals surface area contributed by atoms with E-state index in [0.717, 1.165) is 65.7 Å². The number of halogens is 4. The number of ether oxygens (including phenoxy) is 7. The summed E-state index contributed by atoms with van der Waals surface area (Å²) in [7, 11) is 1.48. The maximum Gasteiger partial charge on any atom is 0.248 e. The van der Waals surface area contributed by atoms with Crippen LogP contribution in [0.15, 0.2) is 121 Å². The van der Waals surface area contributed by atoms with Crippen LogP contribution in [0, 0.1) is 5.92 Å². The van der Waals surface area contributed by atoms with Crippen LogP contribution in [-0.2, 0) is 65.7 Å². The fraction of sp³-hybridized carbons (Fsp3) is 0.383. The Labute approximate surface area is 706 Å². The quantitative estimate of drug-likeness (QED) is 0.0490. The van der Waals surface area contributed by atoms with Crippen LogP contribution in [0.5, 0.6) is 51.7 Å². The van der Waals surface area contributed by atoms with E-state index < -0.39 is 226 Å². The number of likely N-dealkylation sites (N-methyl/N-ethyl adjacent to an activating group) is 1. The number of phenolic OH excluding ortho intramolecular Hbond substituents is 3. The van der Waals surface area contributed by atoms with E-state index in [1.54, 1.807) is 37.3 Å². The number of carbonyl (C=O) groups excluding carboxylic acids is 8. The highest BCUT2D eigenvalue weighted by Gasteiger charge is 2.51. The SMILES string of the molecule is CN[C@H](CC(C)C)C(=O)N[C@H]1C(=O)N[C@@H](CC(N)=O)C(=O)N[C@H]2C(=O)NC3C(=O)N[C@H](C(=O)N[C@@H](C(=O)NCCN)c4cc(O)cc(O)c4-c4cc3ccc4O)[C@H](O)c3ccc(c(Cl)c3)Oc3cc2cc(c3OC2OC(CN)C(O)C(O)C2OC2CC(NCc3ccc(OCc4ccc(Cl)c(Cl)c4)cc3)C(O)C(C)O2)Oc2ccc(cc2Cl)[C@H]1O. The molecule has 0 aliphatic carbocycles. The van der Waals surface area contributed by atoms with Gasteiger partial charge >= 0.3 is 0 Å². The minimum atomic E-state index is -2.34. The number of nitrogens with one attached hydrogen (secondary N) is 9. The maximum absolute atomic E-state index is 16.3. The number of benzene rings is 7. The number of rotatable bonds is 21. The van der Waals surface area contributed by atoms with Crippen molar-refractivity contribution in [3.05, 3.63) is 180 Å². The van der Waals surface area contributed by atoms with E-state index in [1.807, 2.05) is 26.0 Å². The molecule has 0 saturated carbocycles. The Morgan fingerprint density at radius 2 is 1.27 bits per heavy atom. The number of carbonyl (C=O) groups is 8. The number of aromatic hydroxyl groups is 3. The molecule has 7 aromatic carbocycles. The molecule has 120 heavy (non-hydrogen) atoms. The zero-order chi connectivity index (χ0) is 86.4. The average molecular weight is 1740 g/mol. The molecule has 8 amide bonds. The van der Waals surface area contributed by atoms with E-state index in [0.29, 0.717) is 15.8 Å². The third-order valence-electron chi connectivity index (χ3n) is 20.8. The maximum atomic E-state index is 16.3. The summed E-state index contributed by atoms with van der Waals surface area (Å²) in [5, 5.41) is 119. The lowest BCUT2D eigenvalue weighted by atomic mass is 9.89. The van der Waals surface area contributed by atoms with Crippen molar-refractivity contribution in [3.63, 3.8) is 0 Å². The number of amides is 8. The summed E-state index contributed by atoms with van der Waals surface area (Å²) in [5.41, 5.74) is 17.0. The van der Waals surface area contributed by atoms with Crippen molar-refractivity contribution in [2.45, 2.75) is 163 Å². The molecule has 39 heteroatoms. The molecule has 35 nitrogen and oxygen atoms in total. The lowest BCUT2D eigenvalue weighted by Crippen LogP contribution is -2.63. The van der Waals surface area contributed by atoms with E-state index in [9.17, 15) is 55.2 Å². The normalized spacial score (nSPS) is 25.9. The van der Waals surface area contributed by atoms with Gasteiger partial charge in [-0.05, 0) is 144 Å². The van der Waals surface area contributed by atoms with Gasteiger partial charge in [0.2, 0.25) is 59.3 Å². The van der Waals surface area contributed by atoms with E-state index in [1.165, 1.54) is 31.3 Å². The Bertz CT molecular complexity index is 5020. The first-order chi connectivity index (χ1) is 57.2. The van der Waals surface area contributed by atoms with Crippen molar-refractivity contribution < 1.29 is 112 Å². The van der Waals surface area contributed by atoms with E-state index in [-0.39, 0.29) is 83.8 Å². The van der Waals surface area contributed by atoms with Crippen LogP contribution in [0.4, 0.5) is 0 Å². The summed E-state index contributed by atoms with van der Waals surface area (Å²) >= 11 is 26.7. The monoisotopic (exact) mass is 1740 g/mol. The van der Waals surface area contributed by atoms with Gasteiger partial charge in [-0.15, -0.1) is 0 Å². The fourth-order valence-corrected chi connectivity index (χ4v) is 15.3. The summed E-state index contributed by atoms with van der Waals surface area (Å²) in [4.78, 5) is 120. The van der Waals surface area contributed by atoms with Crippen LogP contribution in [-0.4, -0.2) is 194 Å². The number of primary amides is 1. The standard InChI is InChI=1S/C81H90Cl4N12O23/c1-33(2)19-50(89-4)74(107)96-65-68(103)38-9-15-54(47(84)22-38)116-56-24-40-25-57(72(56)120-81-73(71(106)70(105)58(30-87)118-81)119-60-29-49(67(102)34(3)115-60)91-31-35-5-11-42(12-6-35)114-32-36-7-13-45(82)46(83)20-36)117-55-16-10-39(23-48(55)85)69(104)66-80(113)95-64(76(109)90-18-17-86)44-26-41(98)27-53(100)61(44)43-21-37(8-14-52(43)99)62(77(110)97-66)94-78(111)63(40)93-75(108)51(28-59(88)101)92-79(65)112/h5-16,20-27,33-34,49-51,58,60,62-71,73,81,89,91,98-100,102-106H,17-19,28-32,86-87H2,1-4H3,(H2,88,101)(H,90,109)(H,92,112)(H,93,108)(H,94,111)(H,95,113)(H,96,107)(H,97,110)/t34?,49?,50-,51+,58?,60?,62?,63-,64-,65-,66+,67?,68-,69-,70?,71?,73?,81?/m1/s1. The number of hydrogen-bond acceptors (Lipinski definition) is 27. The highest BCUT2D eigenvalue weighted by Crippen LogP contribution is 2.50. The minimum absolute atomic E-state index is 0.103. The molecule has 0 radical (unpaired) electrons. The molecule has 18 atom stereocenters. The second kappa shape index (κ2) is 38.5. The lowest BCUT2D eigenvalue weighted by molar-refractivity contribution is -0.327. The number of aliphatic hydroxyl groups excluding tert-OH is 5. The first-order valence-electron chi connectivity index (χ1n) is 38.1. The zero-order valence-corrected chi connectivity index (χ0v) is 67.6. The molecular weight excluding hydrogens is 1650 g/mol. The topological polar surface area (TPSA) is 549 Å². The first-order valence-corrected chi connectivity index (χ1v) is 39.6. The number of hydrogen-bond donors (Lipinski definition) is 20. The van der Waals surface area contributed by atoms with E-state index in [4.69, 9.17) is 96.8 Å². The van der Waals surface area contributed by atoms with Crippen molar-refractivity contribution in [2.24, 2.45) is 23.1 Å². The lowest BCUT2D eigenvalue weighted by Gasteiger charge is -2.45. The Morgan fingerprint density at radius 1 is 0.633 bits per heavy atom. The van der Waals surface area contributed by atoms with Gasteiger partial charge in [0, 0.05) is 55.8 Å². The summed E-state index contributed by atoms with van der Waals surface area (Å²) in [6, 6.07) is 11.9. The van der Waals surface area contributed by atoms with Crippen molar-refractivity contribution >= 4 is 93.7 Å². The summed E-state index contributed by atoms with van der Waals surface area (Å²) in [6.45, 7) is 4.79. The van der Waals surface area contributed by atoms with Gasteiger partial charge in [0.1, 0.15) is 108 Å². The van der Waals surface area contributed by atoms with E-state index in [2.05, 4.69) is 47.9 Å². The molecule has 2 fully saturated rings. The number of nitrogens with two attached hydrogens (primary N) is 3. The predicted octanol–water partition coefficient (Wildman–Crippen LogP) is 3.39. The van der Waals surface area contributed by atoms with Crippen LogP contribution in [0.3, 0.4) is 0 Å². The van der Waals surface area contributed by atoms with Crippen LogP contribution in [0.2, 0.25) is 20.1 Å². The molecule has 640 valence electrons. The highest BCUT2D eigenvalue weighted by atomic mass is 35.5. The Hall–Kier alpha value is -10.4. The van der Waals surface area contributed by atoms with Crippen molar-refractivity contribution in [3.8, 4) is 62.9 Å². The van der Waals surface area contributed by atoms with Crippen molar-refractivity contribution in [1.82, 2.24) is 47.9 Å². The molecule has 0 spiro atoms. The fourth-order valence-electron chi connectivity index (χ4n) is 14.5. The van der Waals surface area contributed by atoms with Crippen LogP contribution in [0.1, 0.15) is 109 Å². The number of aliphatic hydroxyl groups is 5. The molecule has 0 aromatic heterocycles. The van der Waals surface area contributed by atoms with Gasteiger partial charge in [-0.1, -0.05) is 96.6 Å². The first kappa shape index (κ1) is 88.9. The third kappa shape index (κ3) is 20.3. The molecular formula is C81H90Cl4N12O23. The van der Waals surface area contributed by atoms with Gasteiger partial charge < -0.3 is 139 Å². The molecule has 10 unspecified atom stereocenters. The summed E-state index contributed by atoms with van der Waals surface area (Å²) < 4.78 is 45.7. The number of phenols is 3. The Balaban J connectivity index is 1.01. The predicted molar refractivity (Wildman–Crippen MR) is 431 cm³/mol. The van der Waals surface area contributed by atoms with Crippen LogP contribution in [0.25, 0.3) is 11.1 Å². The van der Waals surface area contributed by atoms with Gasteiger partial charge in [-0.2, -0.15) is 0 Å². The van der Waals surface area contributed by atoms with Gasteiger partial charge in [0.15, 0.2) is 23.9 Å². The molecule has 7 aliphatic rings. The van der Waals surface area contributed by atoms with Gasteiger partial charge in [0.05, 0.1) is 44.8 Å². The highest BCUT2D eigenvalue weighted by molar-refractivity contribution is 6.42. The summed E-state index contributed by atoms with van der Waals surface area (Å²) in [5.74, 6) is -14.1. The van der Waals surface area contributed by atoms with Crippen molar-refractivity contribution in [1.29, 1.82) is 0 Å². The second-order valence-electron chi connectivity index (χ2n) is 29.7. The molecule has 7 aromatic rings. The number of fused-ring (bicyclic) bond motifs is 15. The largest absolute Gasteiger partial charge is 0.508 e. The Morgan fingerprint density at radius 3 is 1.91 bits per heavy atom. The molecule has 14 rings (SSSR count). The molecule has 7 aliphatic heterocycles. The van der Waals surface area contributed by atoms with Crippen LogP contribution >= 0.6 is 46.4 Å². The van der Waals surface area contributed by atoms with Gasteiger partial charge in [-0.3, -0.25) is 38.4 Å². The summed E-state index contributed by atoms with van der Waals surface area (Å²) in [6.07, 6.45) is -17.9. The molecule has 7 heterocycles. The smallest absolute Gasteiger partial charge is 0.248 e. The van der Waals surface area contributed by atoms with Crippen molar-refractivity contribution in [2.75, 3.05) is 26.7 Å². The third-order valence-corrected chi connectivity index (χ3v) is 22.1. The molecule has 11 bridgehead atoms. The molecule has 2 saturated heterocycles. The Kier molecular flexibility index (Phi) is 28.5. The average Bonchev–Trinajstić information content (AvgIpc) is 0.762. The molecule has 23 N–H and O–H groups in total. The van der Waals surface area contributed by atoms with E-state index >= 15 is 24.0 Å².